The van der Waals surface area contributed by atoms with Gasteiger partial charge in [-0.1, -0.05) is 23.2 Å². The zero-order chi connectivity index (χ0) is 14.0. The van der Waals surface area contributed by atoms with Crippen LogP contribution in [0.1, 0.15) is 5.56 Å². The second-order valence-electron chi connectivity index (χ2n) is 3.92. The van der Waals surface area contributed by atoms with Crippen LogP contribution in [0.4, 0.5) is 10.1 Å². The lowest BCUT2D eigenvalue weighted by Crippen LogP contribution is -2.00. The minimum atomic E-state index is -0.665. The van der Waals surface area contributed by atoms with Gasteiger partial charge in [-0.3, -0.25) is 0 Å². The van der Waals surface area contributed by atoms with Crippen molar-refractivity contribution >= 4 is 28.9 Å². The summed E-state index contributed by atoms with van der Waals surface area (Å²) in [4.78, 5) is 0. The molecule has 0 fully saturated rings. The van der Waals surface area contributed by atoms with Crippen LogP contribution >= 0.6 is 23.2 Å². The molecule has 3 N–H and O–H groups in total. The SMILES string of the molecule is Oc1ccc(CNc2cc(Cl)c(F)c(Cl)c2)c(O)c1. The summed E-state index contributed by atoms with van der Waals surface area (Å²) in [5.41, 5.74) is 1.11. The first kappa shape index (κ1) is 13.8. The van der Waals surface area contributed by atoms with Gasteiger partial charge < -0.3 is 15.5 Å². The van der Waals surface area contributed by atoms with Gasteiger partial charge in [0.2, 0.25) is 0 Å². The molecule has 2 aromatic carbocycles. The van der Waals surface area contributed by atoms with Crippen LogP contribution in [0.15, 0.2) is 30.3 Å². The van der Waals surface area contributed by atoms with Gasteiger partial charge in [0.15, 0.2) is 5.82 Å². The Balaban J connectivity index is 2.14. The Bertz CT molecular complexity index is 597. The zero-order valence-corrected chi connectivity index (χ0v) is 11.1. The molecule has 0 amide bonds. The fourth-order valence-electron chi connectivity index (χ4n) is 1.56. The number of anilines is 1. The van der Waals surface area contributed by atoms with Crippen molar-refractivity contribution in [2.75, 3.05) is 5.32 Å². The van der Waals surface area contributed by atoms with Gasteiger partial charge in [-0.2, -0.15) is 0 Å². The monoisotopic (exact) mass is 301 g/mol. The van der Waals surface area contributed by atoms with Crippen LogP contribution in [0.25, 0.3) is 0 Å². The van der Waals surface area contributed by atoms with E-state index in [9.17, 15) is 9.50 Å². The van der Waals surface area contributed by atoms with Gasteiger partial charge in [0.05, 0.1) is 10.0 Å². The van der Waals surface area contributed by atoms with E-state index in [1.165, 1.54) is 24.3 Å². The Hall–Kier alpha value is -1.65. The van der Waals surface area contributed by atoms with E-state index in [-0.39, 0.29) is 28.1 Å². The van der Waals surface area contributed by atoms with Gasteiger partial charge >= 0.3 is 0 Å². The molecule has 0 aliphatic heterocycles. The molecule has 0 unspecified atom stereocenters. The Morgan fingerprint density at radius 1 is 1.05 bits per heavy atom. The maximum Gasteiger partial charge on any atom is 0.160 e. The fraction of sp³-hybridized carbons (Fsp3) is 0.0769. The van der Waals surface area contributed by atoms with Crippen molar-refractivity contribution in [3.05, 3.63) is 51.8 Å². The van der Waals surface area contributed by atoms with E-state index in [0.29, 0.717) is 11.3 Å². The number of aromatic hydroxyl groups is 2. The number of benzene rings is 2. The molecule has 2 rings (SSSR count). The van der Waals surface area contributed by atoms with Crippen LogP contribution in [0.3, 0.4) is 0 Å². The predicted molar refractivity (Wildman–Crippen MR) is 73.5 cm³/mol. The van der Waals surface area contributed by atoms with Gasteiger partial charge in [0.25, 0.3) is 0 Å². The number of nitrogens with one attached hydrogen (secondary N) is 1. The average molecular weight is 302 g/mol. The van der Waals surface area contributed by atoms with Crippen molar-refractivity contribution in [3.63, 3.8) is 0 Å². The van der Waals surface area contributed by atoms with Crippen molar-refractivity contribution in [1.82, 2.24) is 0 Å². The lowest BCUT2D eigenvalue weighted by Gasteiger charge is -2.10. The minimum Gasteiger partial charge on any atom is -0.508 e. The van der Waals surface area contributed by atoms with Crippen molar-refractivity contribution in [3.8, 4) is 11.5 Å². The lowest BCUT2D eigenvalue weighted by atomic mass is 10.2. The first-order chi connectivity index (χ1) is 8.97. The first-order valence-corrected chi connectivity index (χ1v) is 6.12. The largest absolute Gasteiger partial charge is 0.508 e. The van der Waals surface area contributed by atoms with E-state index in [1.54, 1.807) is 6.07 Å². The summed E-state index contributed by atoms with van der Waals surface area (Å²) in [6.07, 6.45) is 0. The Morgan fingerprint density at radius 3 is 2.26 bits per heavy atom. The van der Waals surface area contributed by atoms with Crippen LogP contribution in [-0.4, -0.2) is 10.2 Å². The number of phenols is 2. The van der Waals surface area contributed by atoms with E-state index in [1.807, 2.05) is 0 Å². The summed E-state index contributed by atoms with van der Waals surface area (Å²) in [7, 11) is 0. The minimum absolute atomic E-state index is 0.0193. The quantitative estimate of drug-likeness (QED) is 0.746. The van der Waals surface area contributed by atoms with E-state index in [2.05, 4.69) is 5.32 Å². The molecule has 19 heavy (non-hydrogen) atoms. The molecular weight excluding hydrogens is 292 g/mol. The average Bonchev–Trinajstić information content (AvgIpc) is 2.34. The highest BCUT2D eigenvalue weighted by molar-refractivity contribution is 6.35. The highest BCUT2D eigenvalue weighted by atomic mass is 35.5. The molecule has 0 radical (unpaired) electrons. The topological polar surface area (TPSA) is 52.5 Å². The smallest absolute Gasteiger partial charge is 0.160 e. The van der Waals surface area contributed by atoms with E-state index in [0.717, 1.165) is 0 Å². The van der Waals surface area contributed by atoms with Crippen LogP contribution < -0.4 is 5.32 Å². The summed E-state index contributed by atoms with van der Waals surface area (Å²) in [6.45, 7) is 0.282. The molecular formula is C13H10Cl2FNO2. The van der Waals surface area contributed by atoms with Gasteiger partial charge in [-0.25, -0.2) is 4.39 Å². The Morgan fingerprint density at radius 2 is 1.68 bits per heavy atom. The summed E-state index contributed by atoms with van der Waals surface area (Å²) in [5.74, 6) is -0.720. The van der Waals surface area contributed by atoms with Crippen LogP contribution in [-0.2, 0) is 6.54 Å². The number of halogens is 3. The van der Waals surface area contributed by atoms with Crippen LogP contribution in [0.5, 0.6) is 11.5 Å². The van der Waals surface area contributed by atoms with Gasteiger partial charge in [0.1, 0.15) is 11.5 Å². The van der Waals surface area contributed by atoms with Crippen molar-refractivity contribution in [1.29, 1.82) is 0 Å². The molecule has 6 heteroatoms. The summed E-state index contributed by atoms with van der Waals surface area (Å²) < 4.78 is 13.2. The van der Waals surface area contributed by atoms with Crippen molar-refractivity contribution in [2.24, 2.45) is 0 Å². The van der Waals surface area contributed by atoms with Crippen molar-refractivity contribution in [2.45, 2.75) is 6.54 Å². The Labute approximate surface area is 119 Å². The molecule has 0 aliphatic carbocycles. The van der Waals surface area contributed by atoms with Crippen LogP contribution in [0, 0.1) is 5.82 Å². The first-order valence-electron chi connectivity index (χ1n) is 5.36. The van der Waals surface area contributed by atoms with Crippen molar-refractivity contribution < 1.29 is 14.6 Å². The number of hydrogen-bond donors (Lipinski definition) is 3. The van der Waals surface area contributed by atoms with E-state index < -0.39 is 5.82 Å². The van der Waals surface area contributed by atoms with Crippen LogP contribution in [0.2, 0.25) is 10.0 Å². The second-order valence-corrected chi connectivity index (χ2v) is 4.73. The summed E-state index contributed by atoms with van der Waals surface area (Å²) in [5, 5.41) is 21.6. The summed E-state index contributed by atoms with van der Waals surface area (Å²) in [6, 6.07) is 7.08. The highest BCUT2D eigenvalue weighted by Crippen LogP contribution is 2.28. The molecule has 0 heterocycles. The fourth-order valence-corrected chi connectivity index (χ4v) is 2.04. The number of rotatable bonds is 3. The van der Waals surface area contributed by atoms with Gasteiger partial charge in [-0.15, -0.1) is 0 Å². The van der Waals surface area contributed by atoms with E-state index >= 15 is 0 Å². The molecule has 0 spiro atoms. The zero-order valence-electron chi connectivity index (χ0n) is 9.62. The molecule has 2 aromatic rings. The summed E-state index contributed by atoms with van der Waals surface area (Å²) >= 11 is 11.3. The second kappa shape index (κ2) is 5.55. The Kier molecular flexibility index (Phi) is 4.02. The van der Waals surface area contributed by atoms with Gasteiger partial charge in [0, 0.05) is 23.9 Å². The molecule has 3 nitrogen and oxygen atoms in total. The predicted octanol–water partition coefficient (Wildman–Crippen LogP) is 4.16. The molecule has 100 valence electrons. The molecule has 0 atom stereocenters. The standard InChI is InChI=1S/C13H10Cl2FNO2/c14-10-3-8(4-11(15)13(10)16)17-6-7-1-2-9(18)5-12(7)19/h1-5,17-19H,6H2. The molecule has 0 saturated heterocycles. The van der Waals surface area contributed by atoms with Gasteiger partial charge in [-0.05, 0) is 24.3 Å². The molecule has 0 aromatic heterocycles. The third-order valence-electron chi connectivity index (χ3n) is 2.54. The third-order valence-corrected chi connectivity index (χ3v) is 3.09. The third kappa shape index (κ3) is 3.22. The molecule has 0 bridgehead atoms. The number of hydrogen-bond acceptors (Lipinski definition) is 3. The highest BCUT2D eigenvalue weighted by Gasteiger charge is 2.08. The van der Waals surface area contributed by atoms with E-state index in [4.69, 9.17) is 28.3 Å². The number of phenolic OH excluding ortho intramolecular Hbond substituents is 2. The lowest BCUT2D eigenvalue weighted by molar-refractivity contribution is 0.446. The molecule has 0 aliphatic rings. The molecule has 0 saturated carbocycles. The normalized spacial score (nSPS) is 10.5. The maximum absolute atomic E-state index is 13.2. The maximum atomic E-state index is 13.2.